The van der Waals surface area contributed by atoms with Crippen LogP contribution in [0.15, 0.2) is 42.0 Å². The van der Waals surface area contributed by atoms with E-state index in [2.05, 4.69) is 47.6 Å². The second-order valence-electron chi connectivity index (χ2n) is 17.3. The molecule has 3 N–H and O–H groups in total. The Hall–Kier alpha value is -2.60. The number of hydrogen-bond acceptors (Lipinski definition) is 5. The summed E-state index contributed by atoms with van der Waals surface area (Å²) >= 11 is 0. The summed E-state index contributed by atoms with van der Waals surface area (Å²) in [6, 6.07) is 6.69. The summed E-state index contributed by atoms with van der Waals surface area (Å²) in [4.78, 5) is 26.5. The number of fused-ring (bicyclic) bond motifs is 7. The molecule has 0 amide bonds. The van der Waals surface area contributed by atoms with Gasteiger partial charge in [-0.25, -0.2) is 4.79 Å². The van der Waals surface area contributed by atoms with Crippen molar-refractivity contribution in [2.75, 3.05) is 6.61 Å². The Balaban J connectivity index is 1.41. The smallest absolute Gasteiger partial charge is 0.330 e. The lowest BCUT2D eigenvalue weighted by Crippen LogP contribution is -2.66. The summed E-state index contributed by atoms with van der Waals surface area (Å²) in [6.45, 7) is 14.2. The second kappa shape index (κ2) is 10.7. The monoisotopic (exact) mass is 618 g/mol. The first kappa shape index (κ1) is 32.3. The van der Waals surface area contributed by atoms with Crippen LogP contribution in [0.25, 0.3) is 6.08 Å². The molecule has 246 valence electrons. The van der Waals surface area contributed by atoms with Gasteiger partial charge in [0.2, 0.25) is 0 Å². The minimum atomic E-state index is -0.769. The number of aliphatic hydroxyl groups excluding tert-OH is 1. The van der Waals surface area contributed by atoms with Crippen molar-refractivity contribution in [2.24, 2.45) is 50.2 Å². The molecule has 5 aliphatic rings. The number of aliphatic carboxylic acids is 1. The summed E-state index contributed by atoms with van der Waals surface area (Å²) in [5.41, 5.74) is 0.564. The van der Waals surface area contributed by atoms with E-state index < -0.39 is 22.8 Å². The molecule has 45 heavy (non-hydrogen) atoms. The highest BCUT2D eigenvalue weighted by molar-refractivity contribution is 5.87. The fourth-order valence-electron chi connectivity index (χ4n) is 11.7. The molecule has 1 aromatic rings. The van der Waals surface area contributed by atoms with Crippen molar-refractivity contribution in [2.45, 2.75) is 112 Å². The Labute approximate surface area is 269 Å². The number of esters is 1. The summed E-state index contributed by atoms with van der Waals surface area (Å²) in [5.74, 6) is -0.232. The molecule has 0 unspecified atom stereocenters. The van der Waals surface area contributed by atoms with Gasteiger partial charge in [-0.1, -0.05) is 65.3 Å². The van der Waals surface area contributed by atoms with Gasteiger partial charge < -0.3 is 20.1 Å². The average molecular weight is 619 g/mol. The van der Waals surface area contributed by atoms with Crippen LogP contribution in [0.5, 0.6) is 5.75 Å². The molecule has 6 nitrogen and oxygen atoms in total. The first-order valence-electron chi connectivity index (χ1n) is 17.3. The normalized spacial score (nSPS) is 41.5. The molecule has 0 radical (unpaired) electrons. The molecule has 0 saturated heterocycles. The summed E-state index contributed by atoms with van der Waals surface area (Å²) in [6.07, 6.45) is 13.7. The maximum absolute atomic E-state index is 13.3. The van der Waals surface area contributed by atoms with Crippen LogP contribution in [0.3, 0.4) is 0 Å². The minimum Gasteiger partial charge on any atom is -0.508 e. The van der Waals surface area contributed by atoms with Crippen LogP contribution in [0.1, 0.15) is 111 Å². The number of hydrogen-bond donors (Lipinski definition) is 3. The number of ether oxygens (including phenoxy) is 1. The molecule has 0 spiro atoms. The van der Waals surface area contributed by atoms with E-state index >= 15 is 0 Å². The van der Waals surface area contributed by atoms with Gasteiger partial charge in [0, 0.05) is 11.5 Å². The fourth-order valence-corrected chi connectivity index (χ4v) is 11.7. The number of allylic oxidation sites excluding steroid dienone is 1. The second-order valence-corrected chi connectivity index (χ2v) is 17.3. The zero-order valence-corrected chi connectivity index (χ0v) is 28.2. The molecule has 6 rings (SSSR count). The number of carbonyl (C=O) groups excluding carboxylic acids is 1. The van der Waals surface area contributed by atoms with Crippen LogP contribution in [-0.2, 0) is 14.3 Å². The van der Waals surface area contributed by atoms with Gasteiger partial charge in [0.05, 0.1) is 11.5 Å². The predicted molar refractivity (Wildman–Crippen MR) is 175 cm³/mol. The van der Waals surface area contributed by atoms with E-state index in [-0.39, 0.29) is 46.0 Å². The standard InChI is InChI=1S/C39H54O6/c1-34(2)19-20-38(33(43)44)21-22-39(24-45-32(42)14-9-25-7-10-26(40)11-8-25)27(28(38)23-34)12-13-30-36(5)17-16-31(41)35(3,4)29(36)15-18-37(30,39)6/h7-12,14,28-31,40-41H,13,15-24H2,1-6H3,(H,43,44)/b14-9+/t28-,29-,30+,31-,36-,37+,38-,39-/m0/s1. The first-order valence-corrected chi connectivity index (χ1v) is 17.3. The van der Waals surface area contributed by atoms with Gasteiger partial charge in [-0.3, -0.25) is 4.79 Å². The molecule has 4 fully saturated rings. The summed E-state index contributed by atoms with van der Waals surface area (Å²) < 4.78 is 6.25. The molecular weight excluding hydrogens is 564 g/mol. The molecule has 0 aromatic heterocycles. The number of benzene rings is 1. The Morgan fingerprint density at radius 2 is 1.60 bits per heavy atom. The Morgan fingerprint density at radius 3 is 2.29 bits per heavy atom. The average Bonchev–Trinajstić information content (AvgIpc) is 2.97. The van der Waals surface area contributed by atoms with Gasteiger partial charge in [-0.05, 0) is 127 Å². The molecule has 0 aliphatic heterocycles. The van der Waals surface area contributed by atoms with Crippen LogP contribution in [0, 0.1) is 50.2 Å². The third kappa shape index (κ3) is 4.83. The number of aromatic hydroxyl groups is 1. The van der Waals surface area contributed by atoms with Crippen LogP contribution in [0.2, 0.25) is 0 Å². The number of rotatable bonds is 5. The predicted octanol–water partition coefficient (Wildman–Crippen LogP) is 8.18. The van der Waals surface area contributed by atoms with Crippen molar-refractivity contribution in [3.63, 3.8) is 0 Å². The molecule has 6 heteroatoms. The summed E-state index contributed by atoms with van der Waals surface area (Å²) in [7, 11) is 0. The Morgan fingerprint density at radius 1 is 0.911 bits per heavy atom. The molecule has 1 aromatic carbocycles. The van der Waals surface area contributed by atoms with Gasteiger partial charge in [0.15, 0.2) is 0 Å². The lowest BCUT2D eigenvalue weighted by Gasteiger charge is -2.71. The van der Waals surface area contributed by atoms with E-state index in [9.17, 15) is 24.9 Å². The minimum absolute atomic E-state index is 0.0285. The molecule has 5 aliphatic carbocycles. The van der Waals surface area contributed by atoms with Gasteiger partial charge in [0.25, 0.3) is 0 Å². The van der Waals surface area contributed by atoms with Crippen molar-refractivity contribution < 1.29 is 29.6 Å². The molecular formula is C39H54O6. The van der Waals surface area contributed by atoms with Crippen LogP contribution >= 0.6 is 0 Å². The van der Waals surface area contributed by atoms with E-state index in [0.717, 1.165) is 50.5 Å². The summed E-state index contributed by atoms with van der Waals surface area (Å²) in [5, 5.41) is 31.5. The molecule has 0 bridgehead atoms. The van der Waals surface area contributed by atoms with Gasteiger partial charge in [-0.15, -0.1) is 0 Å². The lowest BCUT2D eigenvalue weighted by molar-refractivity contribution is -0.217. The topological polar surface area (TPSA) is 104 Å². The maximum atomic E-state index is 13.3. The largest absolute Gasteiger partial charge is 0.508 e. The number of carboxylic acids is 1. The third-order valence-electron chi connectivity index (χ3n) is 14.5. The zero-order valence-electron chi connectivity index (χ0n) is 28.2. The van der Waals surface area contributed by atoms with E-state index in [4.69, 9.17) is 4.74 Å². The zero-order chi connectivity index (χ0) is 32.6. The Kier molecular flexibility index (Phi) is 7.70. The van der Waals surface area contributed by atoms with Crippen LogP contribution in [0.4, 0.5) is 0 Å². The number of phenolic OH excluding ortho intramolecular Hbond substituents is 1. The van der Waals surface area contributed by atoms with E-state index in [1.54, 1.807) is 30.3 Å². The SMILES string of the molecule is CC1(C)CC[C@]2(C(=O)O)CC[C@]3(COC(=O)/C=C/c4ccc(O)cc4)C(=CC[C@@H]4[C@@]5(C)CC[C@H](O)C(C)(C)[C@@H]5CC[C@]43C)[C@@H]2C1. The number of carbonyl (C=O) groups is 2. The quantitative estimate of drug-likeness (QED) is 0.175. The van der Waals surface area contributed by atoms with Crippen molar-refractivity contribution in [3.8, 4) is 5.75 Å². The van der Waals surface area contributed by atoms with E-state index in [0.29, 0.717) is 31.1 Å². The van der Waals surface area contributed by atoms with Crippen LogP contribution < -0.4 is 0 Å². The van der Waals surface area contributed by atoms with Crippen molar-refractivity contribution >= 4 is 18.0 Å². The van der Waals surface area contributed by atoms with Crippen molar-refractivity contribution in [3.05, 3.63) is 47.6 Å². The third-order valence-corrected chi connectivity index (χ3v) is 14.5. The Bertz CT molecular complexity index is 1400. The molecule has 0 heterocycles. The van der Waals surface area contributed by atoms with Gasteiger partial charge >= 0.3 is 11.9 Å². The first-order chi connectivity index (χ1) is 21.0. The fraction of sp³-hybridized carbons (Fsp3) is 0.692. The number of carboxylic acid groups (broad SMARTS) is 1. The van der Waals surface area contributed by atoms with Gasteiger partial charge in [-0.2, -0.15) is 0 Å². The van der Waals surface area contributed by atoms with Crippen molar-refractivity contribution in [1.29, 1.82) is 0 Å². The van der Waals surface area contributed by atoms with E-state index in [1.807, 2.05) is 0 Å². The molecule has 4 saturated carbocycles. The highest BCUT2D eigenvalue weighted by Crippen LogP contribution is 2.76. The number of aliphatic hydroxyl groups is 1. The highest BCUT2D eigenvalue weighted by atomic mass is 16.5. The maximum Gasteiger partial charge on any atom is 0.330 e. The van der Waals surface area contributed by atoms with Gasteiger partial charge in [0.1, 0.15) is 12.4 Å². The lowest BCUT2D eigenvalue weighted by atomic mass is 9.33. The molecule has 8 atom stereocenters. The van der Waals surface area contributed by atoms with E-state index in [1.165, 1.54) is 11.6 Å². The number of phenols is 1. The van der Waals surface area contributed by atoms with Crippen molar-refractivity contribution in [1.82, 2.24) is 0 Å². The van der Waals surface area contributed by atoms with Crippen LogP contribution in [-0.4, -0.2) is 40.0 Å². The highest BCUT2D eigenvalue weighted by Gasteiger charge is 2.70.